The SMILES string of the molecule is CC/C=C/C1Cc2cc3c(C)cc(=O)oc3c(C)c2O1. The number of ether oxygens (including phenoxy) is 1. The molecule has 0 saturated heterocycles. The second kappa shape index (κ2) is 4.82. The van der Waals surface area contributed by atoms with Gasteiger partial charge in [0.25, 0.3) is 0 Å². The lowest BCUT2D eigenvalue weighted by atomic mass is 10.0. The summed E-state index contributed by atoms with van der Waals surface area (Å²) in [5, 5.41) is 1.00. The molecule has 2 heterocycles. The van der Waals surface area contributed by atoms with Crippen LogP contribution in [0.5, 0.6) is 5.75 Å². The Morgan fingerprint density at radius 3 is 2.90 bits per heavy atom. The lowest BCUT2D eigenvalue weighted by Crippen LogP contribution is -2.08. The summed E-state index contributed by atoms with van der Waals surface area (Å²) in [6.45, 7) is 6.00. The van der Waals surface area contributed by atoms with E-state index in [4.69, 9.17) is 9.15 Å². The van der Waals surface area contributed by atoms with E-state index in [-0.39, 0.29) is 11.7 Å². The number of rotatable bonds is 2. The highest BCUT2D eigenvalue weighted by molar-refractivity contribution is 5.86. The van der Waals surface area contributed by atoms with Crippen LogP contribution < -0.4 is 10.4 Å². The summed E-state index contributed by atoms with van der Waals surface area (Å²) in [7, 11) is 0. The van der Waals surface area contributed by atoms with Crippen LogP contribution in [-0.2, 0) is 6.42 Å². The van der Waals surface area contributed by atoms with E-state index in [2.05, 4.69) is 25.1 Å². The fourth-order valence-electron chi connectivity index (χ4n) is 2.78. The summed E-state index contributed by atoms with van der Waals surface area (Å²) in [4.78, 5) is 11.5. The van der Waals surface area contributed by atoms with Gasteiger partial charge in [0, 0.05) is 23.4 Å². The van der Waals surface area contributed by atoms with Crippen LogP contribution in [0.1, 0.15) is 30.0 Å². The molecule has 0 radical (unpaired) electrons. The molecular weight excluding hydrogens is 252 g/mol. The number of benzene rings is 1. The molecule has 3 rings (SSSR count). The molecule has 3 heteroatoms. The Bertz CT molecular complexity index is 753. The summed E-state index contributed by atoms with van der Waals surface area (Å²) in [6.07, 6.45) is 6.20. The predicted molar refractivity (Wildman–Crippen MR) is 79.5 cm³/mol. The van der Waals surface area contributed by atoms with E-state index in [0.717, 1.165) is 35.1 Å². The molecule has 0 amide bonds. The van der Waals surface area contributed by atoms with Crippen LogP contribution in [0.2, 0.25) is 0 Å². The first-order chi connectivity index (χ1) is 9.60. The minimum absolute atomic E-state index is 0.0903. The number of hydrogen-bond donors (Lipinski definition) is 0. The van der Waals surface area contributed by atoms with Crippen molar-refractivity contribution in [3.8, 4) is 5.75 Å². The fraction of sp³-hybridized carbons (Fsp3) is 0.353. The Morgan fingerprint density at radius 1 is 1.35 bits per heavy atom. The van der Waals surface area contributed by atoms with Crippen molar-refractivity contribution in [2.45, 2.75) is 39.7 Å². The van der Waals surface area contributed by atoms with E-state index in [0.29, 0.717) is 5.58 Å². The van der Waals surface area contributed by atoms with E-state index in [9.17, 15) is 4.79 Å². The van der Waals surface area contributed by atoms with E-state index in [1.165, 1.54) is 5.56 Å². The van der Waals surface area contributed by atoms with Gasteiger partial charge in [-0.1, -0.05) is 13.0 Å². The molecule has 1 unspecified atom stereocenters. The molecule has 1 aromatic carbocycles. The van der Waals surface area contributed by atoms with Crippen LogP contribution in [-0.4, -0.2) is 6.10 Å². The highest BCUT2D eigenvalue weighted by atomic mass is 16.5. The zero-order valence-corrected chi connectivity index (χ0v) is 12.0. The van der Waals surface area contributed by atoms with Crippen LogP contribution in [0.3, 0.4) is 0 Å². The molecule has 0 bridgehead atoms. The monoisotopic (exact) mass is 270 g/mol. The third kappa shape index (κ3) is 2.03. The molecule has 0 saturated carbocycles. The topological polar surface area (TPSA) is 39.4 Å². The van der Waals surface area contributed by atoms with Crippen molar-refractivity contribution in [3.63, 3.8) is 0 Å². The number of hydrogen-bond acceptors (Lipinski definition) is 3. The lowest BCUT2D eigenvalue weighted by Gasteiger charge is -2.09. The molecule has 20 heavy (non-hydrogen) atoms. The molecule has 104 valence electrons. The summed E-state index contributed by atoms with van der Waals surface area (Å²) in [5.41, 5.74) is 3.41. The van der Waals surface area contributed by atoms with Crippen LogP contribution in [0.25, 0.3) is 11.0 Å². The maximum absolute atomic E-state index is 11.5. The summed E-state index contributed by atoms with van der Waals surface area (Å²) >= 11 is 0. The number of aryl methyl sites for hydroxylation is 2. The highest BCUT2D eigenvalue weighted by Crippen LogP contribution is 2.38. The first-order valence-electron chi connectivity index (χ1n) is 7.00. The van der Waals surface area contributed by atoms with Gasteiger partial charge in [0.05, 0.1) is 0 Å². The molecule has 2 aromatic rings. The third-order valence-corrected chi connectivity index (χ3v) is 3.77. The van der Waals surface area contributed by atoms with Gasteiger partial charge in [-0.15, -0.1) is 0 Å². The van der Waals surface area contributed by atoms with Crippen molar-refractivity contribution in [1.29, 1.82) is 0 Å². The van der Waals surface area contributed by atoms with Gasteiger partial charge >= 0.3 is 5.63 Å². The van der Waals surface area contributed by atoms with Crippen LogP contribution in [0.4, 0.5) is 0 Å². The van der Waals surface area contributed by atoms with Gasteiger partial charge in [-0.2, -0.15) is 0 Å². The maximum Gasteiger partial charge on any atom is 0.336 e. The van der Waals surface area contributed by atoms with Crippen molar-refractivity contribution in [2.75, 3.05) is 0 Å². The van der Waals surface area contributed by atoms with E-state index < -0.39 is 0 Å². The Labute approximate surface area is 117 Å². The van der Waals surface area contributed by atoms with E-state index in [1.807, 2.05) is 13.8 Å². The Hall–Kier alpha value is -2.03. The number of fused-ring (bicyclic) bond motifs is 2. The average Bonchev–Trinajstić information content (AvgIpc) is 2.81. The smallest absolute Gasteiger partial charge is 0.336 e. The van der Waals surface area contributed by atoms with Gasteiger partial charge in [-0.05, 0) is 43.5 Å². The molecule has 0 aliphatic carbocycles. The zero-order valence-electron chi connectivity index (χ0n) is 12.0. The summed E-state index contributed by atoms with van der Waals surface area (Å²) < 4.78 is 11.3. The molecule has 0 spiro atoms. The average molecular weight is 270 g/mol. The lowest BCUT2D eigenvalue weighted by molar-refractivity contribution is 0.281. The van der Waals surface area contributed by atoms with Gasteiger partial charge in [-0.3, -0.25) is 0 Å². The highest BCUT2D eigenvalue weighted by Gasteiger charge is 2.25. The normalized spacial score (nSPS) is 17.6. The first-order valence-corrected chi connectivity index (χ1v) is 7.00. The standard InChI is InChI=1S/C17H18O3/c1-4-5-6-13-8-12-9-14-10(2)7-15(18)20-17(14)11(3)16(12)19-13/h5-7,9,13H,4,8H2,1-3H3/b6-5+. The van der Waals surface area contributed by atoms with Crippen molar-refractivity contribution in [3.05, 3.63) is 51.4 Å². The second-order valence-corrected chi connectivity index (χ2v) is 5.31. The van der Waals surface area contributed by atoms with E-state index >= 15 is 0 Å². The van der Waals surface area contributed by atoms with E-state index in [1.54, 1.807) is 6.07 Å². The summed E-state index contributed by atoms with van der Waals surface area (Å²) in [6, 6.07) is 3.63. The molecule has 1 aromatic heterocycles. The molecule has 3 nitrogen and oxygen atoms in total. The van der Waals surface area contributed by atoms with Crippen LogP contribution >= 0.6 is 0 Å². The van der Waals surface area contributed by atoms with Crippen molar-refractivity contribution in [2.24, 2.45) is 0 Å². The quantitative estimate of drug-likeness (QED) is 0.617. The first kappa shape index (κ1) is 13.0. The Balaban J connectivity index is 2.15. The largest absolute Gasteiger partial charge is 0.485 e. The van der Waals surface area contributed by atoms with Gasteiger partial charge in [0.1, 0.15) is 17.4 Å². The van der Waals surface area contributed by atoms with Gasteiger partial charge < -0.3 is 9.15 Å². The molecule has 1 atom stereocenters. The van der Waals surface area contributed by atoms with Gasteiger partial charge in [0.15, 0.2) is 0 Å². The van der Waals surface area contributed by atoms with Crippen molar-refractivity contribution in [1.82, 2.24) is 0 Å². The molecule has 0 fully saturated rings. The Morgan fingerprint density at radius 2 is 2.15 bits per heavy atom. The molecule has 1 aliphatic rings. The molecule has 1 aliphatic heterocycles. The van der Waals surface area contributed by atoms with Crippen LogP contribution in [0.15, 0.2) is 33.5 Å². The molecular formula is C17H18O3. The predicted octanol–water partition coefficient (Wildman–Crippen LogP) is 3.68. The summed E-state index contributed by atoms with van der Waals surface area (Å²) in [5.74, 6) is 0.872. The zero-order chi connectivity index (χ0) is 14.3. The van der Waals surface area contributed by atoms with Gasteiger partial charge in [0.2, 0.25) is 0 Å². The van der Waals surface area contributed by atoms with Gasteiger partial charge in [-0.25, -0.2) is 4.79 Å². The van der Waals surface area contributed by atoms with Crippen molar-refractivity contribution >= 4 is 11.0 Å². The minimum atomic E-state index is -0.307. The minimum Gasteiger partial charge on any atom is -0.485 e. The third-order valence-electron chi connectivity index (χ3n) is 3.77. The second-order valence-electron chi connectivity index (χ2n) is 5.31. The van der Waals surface area contributed by atoms with Crippen molar-refractivity contribution < 1.29 is 9.15 Å². The Kier molecular flexibility index (Phi) is 3.13. The number of allylic oxidation sites excluding steroid dienone is 1. The van der Waals surface area contributed by atoms with Crippen LogP contribution in [0, 0.1) is 13.8 Å². The fourth-order valence-corrected chi connectivity index (χ4v) is 2.78. The molecule has 0 N–H and O–H groups in total. The maximum atomic E-state index is 11.5.